The first kappa shape index (κ1) is 8.53. The van der Waals surface area contributed by atoms with Gasteiger partial charge in [0.1, 0.15) is 0 Å². The number of hydrogen-bond acceptors (Lipinski definition) is 1. The molecule has 0 amide bonds. The van der Waals surface area contributed by atoms with Gasteiger partial charge < -0.3 is 0 Å². The highest BCUT2D eigenvalue weighted by molar-refractivity contribution is 7.80. The van der Waals surface area contributed by atoms with Crippen molar-refractivity contribution in [3.63, 3.8) is 0 Å². The second kappa shape index (κ2) is 4.34. The molecule has 2 nitrogen and oxygen atoms in total. The van der Waals surface area contributed by atoms with E-state index in [1.165, 1.54) is 19.3 Å². The van der Waals surface area contributed by atoms with Crippen molar-refractivity contribution in [3.05, 3.63) is 0 Å². The molecule has 0 saturated heterocycles. The fourth-order valence-corrected chi connectivity index (χ4v) is 1.16. The van der Waals surface area contributed by atoms with E-state index in [2.05, 4.69) is 16.9 Å². The molecule has 0 aliphatic carbocycles. The van der Waals surface area contributed by atoms with Gasteiger partial charge in [0.05, 0.1) is 11.9 Å². The molecule has 0 atom stereocenters. The molecule has 1 aliphatic rings. The minimum Gasteiger partial charge on any atom is -0.225 e. The molecule has 0 radical (unpaired) electrons. The van der Waals surface area contributed by atoms with Gasteiger partial charge in [-0.05, 0) is 25.1 Å². The Hall–Kier alpha value is -0.570. The van der Waals surface area contributed by atoms with Gasteiger partial charge in [0.2, 0.25) is 5.11 Å². The molecule has 11 heavy (non-hydrogen) atoms. The van der Waals surface area contributed by atoms with Crippen LogP contribution in [0.3, 0.4) is 0 Å². The summed E-state index contributed by atoms with van der Waals surface area (Å²) in [6, 6.07) is 0. The lowest BCUT2D eigenvalue weighted by molar-refractivity contribution is 0.744. The lowest BCUT2D eigenvalue weighted by atomic mass is 10.1. The molecule has 1 aliphatic heterocycles. The van der Waals surface area contributed by atoms with Gasteiger partial charge in [0, 0.05) is 0 Å². The molecular formula is C8H12N2S. The van der Waals surface area contributed by atoms with Crippen molar-refractivity contribution in [3.8, 4) is 0 Å². The predicted molar refractivity (Wildman–Crippen MR) is 52.7 cm³/mol. The van der Waals surface area contributed by atoms with Crippen molar-refractivity contribution in [2.75, 3.05) is 0 Å². The smallest absolute Gasteiger partial charge is 0.219 e. The van der Waals surface area contributed by atoms with E-state index in [9.17, 15) is 0 Å². The van der Waals surface area contributed by atoms with E-state index in [-0.39, 0.29) is 0 Å². The molecular weight excluding hydrogens is 156 g/mol. The fraction of sp³-hybridized carbons (Fsp3) is 0.625. The largest absolute Gasteiger partial charge is 0.225 e. The van der Waals surface area contributed by atoms with Crippen molar-refractivity contribution >= 4 is 29.3 Å². The van der Waals surface area contributed by atoms with Gasteiger partial charge in [-0.3, -0.25) is 0 Å². The molecule has 1 heterocycles. The second-order valence-electron chi connectivity index (χ2n) is 2.60. The highest BCUT2D eigenvalue weighted by Crippen LogP contribution is 2.03. The third kappa shape index (κ3) is 2.89. The molecule has 0 aromatic carbocycles. The van der Waals surface area contributed by atoms with Crippen molar-refractivity contribution < 1.29 is 0 Å². The summed E-state index contributed by atoms with van der Waals surface area (Å²) in [6.07, 6.45) is 6.51. The van der Waals surface area contributed by atoms with Gasteiger partial charge in [-0.25, -0.2) is 9.98 Å². The molecule has 0 N–H and O–H groups in total. The van der Waals surface area contributed by atoms with Gasteiger partial charge in [0.25, 0.3) is 0 Å². The van der Waals surface area contributed by atoms with Crippen LogP contribution in [0.4, 0.5) is 0 Å². The first-order valence-electron chi connectivity index (χ1n) is 3.98. The molecule has 0 fully saturated rings. The molecule has 0 spiro atoms. The van der Waals surface area contributed by atoms with Crippen LogP contribution >= 0.6 is 12.2 Å². The number of thiocarbonyl (C=S) groups is 1. The normalized spacial score (nSPS) is 15.7. The van der Waals surface area contributed by atoms with Crippen LogP contribution in [0.15, 0.2) is 9.98 Å². The highest BCUT2D eigenvalue weighted by atomic mass is 32.1. The minimum atomic E-state index is 0.483. The SMILES string of the molecule is CCCCCC1=NC(=S)N=C1. The van der Waals surface area contributed by atoms with E-state index >= 15 is 0 Å². The summed E-state index contributed by atoms with van der Waals surface area (Å²) in [5, 5.41) is 0.483. The maximum atomic E-state index is 4.79. The Morgan fingerprint density at radius 1 is 1.45 bits per heavy atom. The summed E-state index contributed by atoms with van der Waals surface area (Å²) in [6.45, 7) is 2.19. The molecule has 1 rings (SSSR count). The van der Waals surface area contributed by atoms with Gasteiger partial charge in [-0.15, -0.1) is 0 Å². The van der Waals surface area contributed by atoms with Gasteiger partial charge in [-0.2, -0.15) is 0 Å². The second-order valence-corrected chi connectivity index (χ2v) is 2.97. The lowest BCUT2D eigenvalue weighted by Crippen LogP contribution is -1.95. The van der Waals surface area contributed by atoms with Crippen molar-refractivity contribution in [2.45, 2.75) is 32.6 Å². The fourth-order valence-electron chi connectivity index (χ4n) is 0.987. The highest BCUT2D eigenvalue weighted by Gasteiger charge is 2.03. The Balaban J connectivity index is 2.23. The predicted octanol–water partition coefficient (Wildman–Crippen LogP) is 2.38. The summed E-state index contributed by atoms with van der Waals surface area (Å²) in [5.74, 6) is 0. The summed E-state index contributed by atoms with van der Waals surface area (Å²) >= 11 is 4.79. The topological polar surface area (TPSA) is 24.7 Å². The van der Waals surface area contributed by atoms with Crippen LogP contribution < -0.4 is 0 Å². The Bertz CT molecular complexity index is 206. The Morgan fingerprint density at radius 3 is 2.82 bits per heavy atom. The van der Waals surface area contributed by atoms with Gasteiger partial charge in [0.15, 0.2) is 0 Å². The number of rotatable bonds is 4. The van der Waals surface area contributed by atoms with Crippen LogP contribution in [-0.4, -0.2) is 17.0 Å². The van der Waals surface area contributed by atoms with Crippen LogP contribution in [0.5, 0.6) is 0 Å². The van der Waals surface area contributed by atoms with Crippen LogP contribution in [0, 0.1) is 0 Å². The average molecular weight is 168 g/mol. The van der Waals surface area contributed by atoms with Crippen LogP contribution in [-0.2, 0) is 0 Å². The van der Waals surface area contributed by atoms with Gasteiger partial charge >= 0.3 is 0 Å². The zero-order valence-corrected chi connectivity index (χ0v) is 7.52. The van der Waals surface area contributed by atoms with Crippen LogP contribution in [0.2, 0.25) is 0 Å². The maximum absolute atomic E-state index is 4.79. The summed E-state index contributed by atoms with van der Waals surface area (Å²) in [7, 11) is 0. The Labute approximate surface area is 72.4 Å². The Kier molecular flexibility index (Phi) is 3.36. The minimum absolute atomic E-state index is 0.483. The molecule has 0 bridgehead atoms. The van der Waals surface area contributed by atoms with Crippen LogP contribution in [0.1, 0.15) is 32.6 Å². The molecule has 0 aromatic heterocycles. The standard InChI is InChI=1S/C8H12N2S/c1-2-3-4-5-7-6-9-8(11)10-7/h6H,2-5H2,1H3. The monoisotopic (exact) mass is 168 g/mol. The third-order valence-corrected chi connectivity index (χ3v) is 1.80. The zero-order chi connectivity index (χ0) is 8.10. The molecule has 3 heteroatoms. The van der Waals surface area contributed by atoms with Crippen molar-refractivity contribution in [2.24, 2.45) is 9.98 Å². The van der Waals surface area contributed by atoms with E-state index in [1.807, 2.05) is 0 Å². The van der Waals surface area contributed by atoms with E-state index < -0.39 is 0 Å². The summed E-state index contributed by atoms with van der Waals surface area (Å²) in [4.78, 5) is 7.99. The average Bonchev–Trinajstić information content (AvgIpc) is 2.37. The number of aliphatic imine (C=N–C) groups is 2. The van der Waals surface area contributed by atoms with E-state index in [0.29, 0.717) is 5.11 Å². The van der Waals surface area contributed by atoms with Gasteiger partial charge in [-0.1, -0.05) is 19.8 Å². The number of nitrogens with zero attached hydrogens (tertiary/aromatic N) is 2. The summed E-state index contributed by atoms with van der Waals surface area (Å²) in [5.41, 5.74) is 1.04. The quantitative estimate of drug-likeness (QED) is 0.467. The third-order valence-electron chi connectivity index (χ3n) is 1.60. The first-order valence-corrected chi connectivity index (χ1v) is 4.39. The molecule has 0 aromatic rings. The lowest BCUT2D eigenvalue weighted by Gasteiger charge is -1.93. The molecule has 0 saturated carbocycles. The van der Waals surface area contributed by atoms with E-state index in [0.717, 1.165) is 12.1 Å². The van der Waals surface area contributed by atoms with Crippen molar-refractivity contribution in [1.29, 1.82) is 0 Å². The summed E-state index contributed by atoms with van der Waals surface area (Å²) < 4.78 is 0. The maximum Gasteiger partial charge on any atom is 0.219 e. The number of unbranched alkanes of at least 4 members (excludes halogenated alkanes) is 2. The Morgan fingerprint density at radius 2 is 2.27 bits per heavy atom. The van der Waals surface area contributed by atoms with Crippen molar-refractivity contribution in [1.82, 2.24) is 0 Å². The van der Waals surface area contributed by atoms with Crippen LogP contribution in [0.25, 0.3) is 0 Å². The zero-order valence-electron chi connectivity index (χ0n) is 6.71. The first-order chi connectivity index (χ1) is 5.33. The van der Waals surface area contributed by atoms with E-state index in [1.54, 1.807) is 6.21 Å². The molecule has 60 valence electrons. The van der Waals surface area contributed by atoms with E-state index in [4.69, 9.17) is 12.2 Å². The number of hydrogen-bond donors (Lipinski definition) is 0. The molecule has 0 unspecified atom stereocenters.